The number of benzene rings is 2. The normalized spacial score (nSPS) is 13.1. The molecule has 1 aliphatic rings. The van der Waals surface area contributed by atoms with Crippen molar-refractivity contribution in [3.63, 3.8) is 0 Å². The number of carbonyl (C=O) groups excluding carboxylic acids is 1. The van der Waals surface area contributed by atoms with Gasteiger partial charge >= 0.3 is 0 Å². The Balaban J connectivity index is 1.55. The number of hydrogen-bond donors (Lipinski definition) is 0. The van der Waals surface area contributed by atoms with Crippen LogP contribution in [0.15, 0.2) is 60.9 Å². The Morgan fingerprint density at radius 1 is 1.19 bits per heavy atom. The van der Waals surface area contributed by atoms with Gasteiger partial charge in [-0.05, 0) is 47.4 Å². The number of ketones is 1. The van der Waals surface area contributed by atoms with Crippen molar-refractivity contribution < 1.29 is 14.3 Å². The van der Waals surface area contributed by atoms with E-state index in [1.165, 1.54) is 0 Å². The van der Waals surface area contributed by atoms with Gasteiger partial charge in [0, 0.05) is 35.5 Å². The molecule has 2 aromatic carbocycles. The van der Waals surface area contributed by atoms with Crippen LogP contribution in [0.2, 0.25) is 0 Å². The van der Waals surface area contributed by atoms with Crippen LogP contribution in [-0.4, -0.2) is 17.9 Å². The van der Waals surface area contributed by atoms with Crippen molar-refractivity contribution in [1.29, 1.82) is 0 Å². The molecule has 0 aliphatic carbocycles. The van der Waals surface area contributed by atoms with Crippen LogP contribution >= 0.6 is 0 Å². The maximum absolute atomic E-state index is 12.8. The quantitative estimate of drug-likeness (QED) is 0.600. The molecule has 1 atom stereocenters. The average Bonchev–Trinajstić information content (AvgIpc) is 2.73. The molecule has 3 aromatic rings. The van der Waals surface area contributed by atoms with Crippen molar-refractivity contribution in [2.75, 3.05) is 7.11 Å². The summed E-state index contributed by atoms with van der Waals surface area (Å²) in [5, 5.41) is 0. The predicted molar refractivity (Wildman–Crippen MR) is 104 cm³/mol. The minimum absolute atomic E-state index is 0.108. The fourth-order valence-corrected chi connectivity index (χ4v) is 3.46. The van der Waals surface area contributed by atoms with E-state index in [0.717, 1.165) is 33.8 Å². The maximum atomic E-state index is 12.8. The summed E-state index contributed by atoms with van der Waals surface area (Å²) in [4.78, 5) is 17.0. The largest absolute Gasteiger partial charge is 0.497 e. The summed E-state index contributed by atoms with van der Waals surface area (Å²) in [5.41, 5.74) is 4.97. The standard InChI is InChI=1S/C23H21NO3/c1-15(16-4-3-5-19(11-16)26-2)10-22(25)17-6-7-21-20-8-9-24-13-18(20)14-27-23(21)12-17/h3-9,11-13,15H,10,14H2,1-2H3/t15-/m0/s1. The first-order chi connectivity index (χ1) is 13.2. The molecule has 0 radical (unpaired) electrons. The zero-order chi connectivity index (χ0) is 18.8. The Morgan fingerprint density at radius 3 is 2.93 bits per heavy atom. The second-order valence-electron chi connectivity index (χ2n) is 6.84. The molecule has 2 heterocycles. The van der Waals surface area contributed by atoms with Gasteiger partial charge < -0.3 is 9.47 Å². The summed E-state index contributed by atoms with van der Waals surface area (Å²) in [5.74, 6) is 1.78. The molecule has 4 rings (SSSR count). The van der Waals surface area contributed by atoms with E-state index in [9.17, 15) is 4.79 Å². The van der Waals surface area contributed by atoms with Crippen LogP contribution in [-0.2, 0) is 6.61 Å². The number of methoxy groups -OCH3 is 1. The number of pyridine rings is 1. The van der Waals surface area contributed by atoms with E-state index in [1.54, 1.807) is 13.3 Å². The number of Topliss-reactive ketones (excluding diaryl/α,β-unsaturated/α-hetero) is 1. The molecule has 0 amide bonds. The molecule has 1 aliphatic heterocycles. The van der Waals surface area contributed by atoms with Gasteiger partial charge in [-0.15, -0.1) is 0 Å². The van der Waals surface area contributed by atoms with Crippen molar-refractivity contribution in [3.8, 4) is 22.6 Å². The number of fused-ring (bicyclic) bond motifs is 3. The monoisotopic (exact) mass is 359 g/mol. The lowest BCUT2D eigenvalue weighted by Crippen LogP contribution is -2.09. The minimum Gasteiger partial charge on any atom is -0.497 e. The van der Waals surface area contributed by atoms with Gasteiger partial charge in [0.15, 0.2) is 5.78 Å². The SMILES string of the molecule is COc1cccc([C@@H](C)CC(=O)c2ccc3c(c2)OCc2cnccc2-3)c1. The molecule has 4 nitrogen and oxygen atoms in total. The van der Waals surface area contributed by atoms with E-state index in [-0.39, 0.29) is 11.7 Å². The molecule has 27 heavy (non-hydrogen) atoms. The fourth-order valence-electron chi connectivity index (χ4n) is 3.46. The molecular formula is C23H21NO3. The van der Waals surface area contributed by atoms with Gasteiger partial charge in [-0.3, -0.25) is 9.78 Å². The van der Waals surface area contributed by atoms with Gasteiger partial charge in [0.25, 0.3) is 0 Å². The van der Waals surface area contributed by atoms with Crippen molar-refractivity contribution in [3.05, 3.63) is 77.6 Å². The highest BCUT2D eigenvalue weighted by atomic mass is 16.5. The van der Waals surface area contributed by atoms with E-state index in [4.69, 9.17) is 9.47 Å². The van der Waals surface area contributed by atoms with E-state index < -0.39 is 0 Å². The number of carbonyl (C=O) groups is 1. The smallest absolute Gasteiger partial charge is 0.163 e. The lowest BCUT2D eigenvalue weighted by atomic mass is 9.91. The van der Waals surface area contributed by atoms with E-state index in [2.05, 4.69) is 11.9 Å². The summed E-state index contributed by atoms with van der Waals surface area (Å²) in [6.07, 6.45) is 4.04. The van der Waals surface area contributed by atoms with E-state index in [0.29, 0.717) is 18.6 Å². The van der Waals surface area contributed by atoms with Crippen LogP contribution < -0.4 is 9.47 Å². The van der Waals surface area contributed by atoms with Gasteiger partial charge in [0.05, 0.1) is 7.11 Å². The van der Waals surface area contributed by atoms with Gasteiger partial charge in [-0.25, -0.2) is 0 Å². The van der Waals surface area contributed by atoms with Crippen LogP contribution in [0.25, 0.3) is 11.1 Å². The Kier molecular flexibility index (Phi) is 4.63. The summed E-state index contributed by atoms with van der Waals surface area (Å²) in [6.45, 7) is 2.54. The third-order valence-corrected chi connectivity index (χ3v) is 5.03. The highest BCUT2D eigenvalue weighted by Crippen LogP contribution is 2.38. The maximum Gasteiger partial charge on any atom is 0.163 e. The third kappa shape index (κ3) is 3.43. The molecule has 0 saturated carbocycles. The highest BCUT2D eigenvalue weighted by molar-refractivity contribution is 5.98. The first-order valence-electron chi connectivity index (χ1n) is 9.03. The average molecular weight is 359 g/mol. The van der Waals surface area contributed by atoms with Crippen LogP contribution in [0, 0.1) is 0 Å². The Labute approximate surface area is 158 Å². The summed E-state index contributed by atoms with van der Waals surface area (Å²) < 4.78 is 11.1. The first-order valence-corrected chi connectivity index (χ1v) is 9.03. The second-order valence-corrected chi connectivity index (χ2v) is 6.84. The van der Waals surface area contributed by atoms with Crippen molar-refractivity contribution in [2.24, 2.45) is 0 Å². The number of aromatic nitrogens is 1. The fraction of sp³-hybridized carbons (Fsp3) is 0.217. The highest BCUT2D eigenvalue weighted by Gasteiger charge is 2.20. The second kappa shape index (κ2) is 7.23. The van der Waals surface area contributed by atoms with Gasteiger partial charge in [-0.2, -0.15) is 0 Å². The number of ether oxygens (including phenoxy) is 2. The number of hydrogen-bond acceptors (Lipinski definition) is 4. The predicted octanol–water partition coefficient (Wildman–Crippen LogP) is 5.03. The molecule has 0 fully saturated rings. The molecule has 0 spiro atoms. The van der Waals surface area contributed by atoms with Gasteiger partial charge in [0.2, 0.25) is 0 Å². The van der Waals surface area contributed by atoms with Crippen molar-refractivity contribution >= 4 is 5.78 Å². The molecule has 136 valence electrons. The number of rotatable bonds is 5. The Bertz CT molecular complexity index is 996. The molecule has 0 saturated heterocycles. The van der Waals surface area contributed by atoms with E-state index in [1.807, 2.05) is 54.7 Å². The number of nitrogens with zero attached hydrogens (tertiary/aromatic N) is 1. The van der Waals surface area contributed by atoms with Gasteiger partial charge in [-0.1, -0.05) is 25.1 Å². The first kappa shape index (κ1) is 17.3. The zero-order valence-electron chi connectivity index (χ0n) is 15.4. The molecule has 0 bridgehead atoms. The Hall–Kier alpha value is -3.14. The molecule has 0 unspecified atom stereocenters. The lowest BCUT2D eigenvalue weighted by Gasteiger charge is -2.21. The third-order valence-electron chi connectivity index (χ3n) is 5.03. The van der Waals surface area contributed by atoms with Crippen LogP contribution in [0.4, 0.5) is 0 Å². The van der Waals surface area contributed by atoms with Crippen LogP contribution in [0.5, 0.6) is 11.5 Å². The lowest BCUT2D eigenvalue weighted by molar-refractivity contribution is 0.0975. The molecular weight excluding hydrogens is 338 g/mol. The van der Waals surface area contributed by atoms with E-state index >= 15 is 0 Å². The molecule has 4 heteroatoms. The zero-order valence-corrected chi connectivity index (χ0v) is 15.4. The van der Waals surface area contributed by atoms with Crippen molar-refractivity contribution in [1.82, 2.24) is 4.98 Å². The van der Waals surface area contributed by atoms with Crippen LogP contribution in [0.3, 0.4) is 0 Å². The topological polar surface area (TPSA) is 48.4 Å². The van der Waals surface area contributed by atoms with Crippen molar-refractivity contribution in [2.45, 2.75) is 25.9 Å². The van der Waals surface area contributed by atoms with Crippen LogP contribution in [0.1, 0.15) is 40.7 Å². The summed E-state index contributed by atoms with van der Waals surface area (Å²) in [6, 6.07) is 15.6. The molecule has 0 N–H and O–H groups in total. The summed E-state index contributed by atoms with van der Waals surface area (Å²) >= 11 is 0. The minimum atomic E-state index is 0.108. The van der Waals surface area contributed by atoms with Gasteiger partial charge in [0.1, 0.15) is 18.1 Å². The Morgan fingerprint density at radius 2 is 2.07 bits per heavy atom. The molecule has 1 aromatic heterocycles. The summed E-state index contributed by atoms with van der Waals surface area (Å²) in [7, 11) is 1.65.